The Morgan fingerprint density at radius 3 is 1.38 bits per heavy atom. The predicted octanol–water partition coefficient (Wildman–Crippen LogP) is 16.0. The minimum absolute atomic E-state index is 0.401. The molecule has 0 atom stereocenters. The summed E-state index contributed by atoms with van der Waals surface area (Å²) in [5.74, 6) is 2.88. The molecule has 64 heavy (non-hydrogen) atoms. The average Bonchev–Trinajstić information content (AvgIpc) is 3.34. The Morgan fingerprint density at radius 2 is 0.859 bits per heavy atom. The molecule has 0 radical (unpaired) electrons. The van der Waals surface area contributed by atoms with Crippen LogP contribution in [0.1, 0.15) is 109 Å². The Balaban J connectivity index is 0.896. The number of carbonyl (C=O) groups excluding carboxylic acids is 2. The van der Waals surface area contributed by atoms with Gasteiger partial charge in [0.15, 0.2) is 0 Å². The molecule has 2 saturated carbocycles. The third-order valence-corrected chi connectivity index (χ3v) is 14.1. The van der Waals surface area contributed by atoms with Gasteiger partial charge in [0.2, 0.25) is 0 Å². The number of esters is 2. The van der Waals surface area contributed by atoms with Gasteiger partial charge >= 0.3 is 11.9 Å². The summed E-state index contributed by atoms with van der Waals surface area (Å²) in [5.41, 5.74) is 9.66. The maximum Gasteiger partial charge on any atom is 0.343 e. The highest BCUT2D eigenvalue weighted by Crippen LogP contribution is 2.43. The van der Waals surface area contributed by atoms with Crippen molar-refractivity contribution in [1.29, 1.82) is 0 Å². The van der Waals surface area contributed by atoms with E-state index >= 15 is 0 Å². The van der Waals surface area contributed by atoms with E-state index in [4.69, 9.17) is 9.47 Å². The van der Waals surface area contributed by atoms with E-state index in [1.165, 1.54) is 62.5 Å². The summed E-state index contributed by atoms with van der Waals surface area (Å²) in [7, 11) is 0. The van der Waals surface area contributed by atoms with Gasteiger partial charge in [0.05, 0.1) is 11.1 Å². The van der Waals surface area contributed by atoms with Crippen LogP contribution in [0.25, 0.3) is 54.9 Å². The molecule has 10 rings (SSSR count). The summed E-state index contributed by atoms with van der Waals surface area (Å²) < 4.78 is 12.5. The van der Waals surface area contributed by atoms with E-state index in [2.05, 4.69) is 62.4 Å². The third kappa shape index (κ3) is 8.75. The molecule has 2 fully saturated rings. The maximum absolute atomic E-state index is 14.0. The Labute approximate surface area is 376 Å². The summed E-state index contributed by atoms with van der Waals surface area (Å²) in [5, 5.41) is 3.75. The van der Waals surface area contributed by atoms with Crippen LogP contribution in [0.5, 0.6) is 11.5 Å². The van der Waals surface area contributed by atoms with Crippen LogP contribution < -0.4 is 9.47 Å². The second-order valence-electron chi connectivity index (χ2n) is 18.4. The lowest BCUT2D eigenvalue weighted by molar-refractivity contribution is 0.0726. The second-order valence-corrected chi connectivity index (χ2v) is 18.4. The van der Waals surface area contributed by atoms with Crippen molar-refractivity contribution in [2.75, 3.05) is 0 Å². The molecule has 2 aliphatic carbocycles. The zero-order chi connectivity index (χ0) is 43.6. The Bertz CT molecular complexity index is 2930. The standard InChI is InChI=1S/C60H54O4/c1-39-11-15-41(16-12-39)43-19-23-45(24-20-43)47-27-31-50(32-28-47)59(61)63-53-37-52-8-4-5-9-54(52)56(38-53)58-55-10-6-3-7-49(55)35-36-57(58)64-60(62)51-33-29-48(30-34-51)46-25-21-44(22-26-46)42-17-13-40(2)14-18-42/h3-10,19-42H,11-18H2,1-2H3. The molecule has 4 nitrogen and oxygen atoms in total. The van der Waals surface area contributed by atoms with E-state index in [0.717, 1.165) is 66.8 Å². The largest absolute Gasteiger partial charge is 0.423 e. The van der Waals surface area contributed by atoms with Gasteiger partial charge in [-0.2, -0.15) is 0 Å². The zero-order valence-electron chi connectivity index (χ0n) is 36.8. The van der Waals surface area contributed by atoms with Crippen LogP contribution in [-0.2, 0) is 0 Å². The van der Waals surface area contributed by atoms with Crippen molar-refractivity contribution in [2.45, 2.75) is 77.0 Å². The summed E-state index contributed by atoms with van der Waals surface area (Å²) in [6.07, 6.45) is 10.2. The first kappa shape index (κ1) is 41.2. The lowest BCUT2D eigenvalue weighted by atomic mass is 9.79. The van der Waals surface area contributed by atoms with Crippen LogP contribution in [0.2, 0.25) is 0 Å². The van der Waals surface area contributed by atoms with E-state index in [-0.39, 0.29) is 0 Å². The van der Waals surface area contributed by atoms with E-state index in [1.54, 1.807) is 0 Å². The maximum atomic E-state index is 14.0. The number of carbonyl (C=O) groups is 2. The smallest absolute Gasteiger partial charge is 0.343 e. The van der Waals surface area contributed by atoms with Gasteiger partial charge in [-0.05, 0) is 152 Å². The molecule has 0 unspecified atom stereocenters. The summed E-state index contributed by atoms with van der Waals surface area (Å²) in [6, 6.07) is 56.9. The third-order valence-electron chi connectivity index (χ3n) is 14.1. The molecule has 0 bridgehead atoms. The van der Waals surface area contributed by atoms with Gasteiger partial charge in [0.1, 0.15) is 11.5 Å². The molecule has 0 amide bonds. The molecule has 0 aliphatic heterocycles. The molecule has 0 N–H and O–H groups in total. The first-order chi connectivity index (χ1) is 31.3. The van der Waals surface area contributed by atoms with Gasteiger partial charge < -0.3 is 9.47 Å². The lowest BCUT2D eigenvalue weighted by Crippen LogP contribution is -2.10. The van der Waals surface area contributed by atoms with Crippen molar-refractivity contribution in [3.8, 4) is 44.9 Å². The van der Waals surface area contributed by atoms with E-state index in [9.17, 15) is 9.59 Å². The molecule has 0 aromatic heterocycles. The summed E-state index contributed by atoms with van der Waals surface area (Å²) >= 11 is 0. The highest BCUT2D eigenvalue weighted by Gasteiger charge is 2.23. The first-order valence-electron chi connectivity index (χ1n) is 23.2. The SMILES string of the molecule is CC1CCC(c2ccc(-c3ccc(C(=O)Oc4cc(-c5c(OC(=O)c6ccc(-c7ccc(C8CCC(C)CC8)cc7)cc6)ccc6ccccc56)c5ccccc5c4)cc3)cc2)CC1. The summed E-state index contributed by atoms with van der Waals surface area (Å²) in [6.45, 7) is 4.72. The number of benzene rings is 8. The van der Waals surface area contributed by atoms with Crippen molar-refractivity contribution in [2.24, 2.45) is 11.8 Å². The van der Waals surface area contributed by atoms with Gasteiger partial charge in [-0.3, -0.25) is 0 Å². The zero-order valence-corrected chi connectivity index (χ0v) is 36.8. The quantitative estimate of drug-likeness (QED) is 0.107. The van der Waals surface area contributed by atoms with Crippen LogP contribution in [0.15, 0.2) is 170 Å². The number of hydrogen-bond acceptors (Lipinski definition) is 4. The molecule has 2 aliphatic rings. The molecule has 0 heterocycles. The van der Waals surface area contributed by atoms with E-state index in [0.29, 0.717) is 34.5 Å². The molecule has 4 heteroatoms. The average molecular weight is 839 g/mol. The van der Waals surface area contributed by atoms with Gasteiger partial charge in [0.25, 0.3) is 0 Å². The fourth-order valence-corrected chi connectivity index (χ4v) is 10.2. The highest BCUT2D eigenvalue weighted by atomic mass is 16.5. The first-order valence-corrected chi connectivity index (χ1v) is 23.2. The molecule has 8 aromatic carbocycles. The minimum atomic E-state index is -0.449. The Kier molecular flexibility index (Phi) is 11.7. The Hall–Kier alpha value is -6.78. The minimum Gasteiger partial charge on any atom is -0.423 e. The fraction of sp³-hybridized carbons (Fsp3) is 0.233. The van der Waals surface area contributed by atoms with Crippen molar-refractivity contribution >= 4 is 33.5 Å². The second kappa shape index (κ2) is 18.1. The van der Waals surface area contributed by atoms with Crippen molar-refractivity contribution in [3.05, 3.63) is 192 Å². The lowest BCUT2D eigenvalue weighted by Gasteiger charge is -2.26. The molecular weight excluding hydrogens is 785 g/mol. The van der Waals surface area contributed by atoms with Gasteiger partial charge in [-0.25, -0.2) is 9.59 Å². The van der Waals surface area contributed by atoms with Crippen molar-refractivity contribution < 1.29 is 19.1 Å². The fourth-order valence-electron chi connectivity index (χ4n) is 10.2. The van der Waals surface area contributed by atoms with E-state index < -0.39 is 11.9 Å². The van der Waals surface area contributed by atoms with Crippen LogP contribution in [0.4, 0.5) is 0 Å². The monoisotopic (exact) mass is 838 g/mol. The normalized spacial score (nSPS) is 18.7. The molecular formula is C60H54O4. The molecule has 8 aromatic rings. The van der Waals surface area contributed by atoms with Crippen LogP contribution in [0.3, 0.4) is 0 Å². The van der Waals surface area contributed by atoms with Crippen molar-refractivity contribution in [3.63, 3.8) is 0 Å². The van der Waals surface area contributed by atoms with Crippen LogP contribution in [-0.4, -0.2) is 11.9 Å². The number of ether oxygens (including phenoxy) is 2. The van der Waals surface area contributed by atoms with Crippen LogP contribution >= 0.6 is 0 Å². The van der Waals surface area contributed by atoms with Crippen molar-refractivity contribution in [1.82, 2.24) is 0 Å². The van der Waals surface area contributed by atoms with E-state index in [1.807, 2.05) is 121 Å². The van der Waals surface area contributed by atoms with Crippen LogP contribution in [0, 0.1) is 11.8 Å². The van der Waals surface area contributed by atoms with Gasteiger partial charge in [-0.15, -0.1) is 0 Å². The van der Waals surface area contributed by atoms with Gasteiger partial charge in [0, 0.05) is 5.56 Å². The summed E-state index contributed by atoms with van der Waals surface area (Å²) in [4.78, 5) is 27.8. The number of hydrogen-bond donors (Lipinski definition) is 0. The molecule has 318 valence electrons. The predicted molar refractivity (Wildman–Crippen MR) is 261 cm³/mol. The number of fused-ring (bicyclic) bond motifs is 2. The topological polar surface area (TPSA) is 52.6 Å². The molecule has 0 spiro atoms. The highest BCUT2D eigenvalue weighted by molar-refractivity contribution is 6.09. The van der Waals surface area contributed by atoms with Gasteiger partial charge in [-0.1, -0.05) is 167 Å². The Morgan fingerprint density at radius 1 is 0.422 bits per heavy atom. The molecule has 0 saturated heterocycles. The number of rotatable bonds is 9.